The maximum Gasteiger partial charge on any atom is 0.223 e. The smallest absolute Gasteiger partial charge is 0.223 e. The second-order valence-corrected chi connectivity index (χ2v) is 7.72. The van der Waals surface area contributed by atoms with E-state index in [-0.39, 0.29) is 17.9 Å². The van der Waals surface area contributed by atoms with Crippen LogP contribution in [0.1, 0.15) is 24.4 Å². The number of benzene rings is 1. The molecule has 29 heavy (non-hydrogen) atoms. The highest BCUT2D eigenvalue weighted by molar-refractivity contribution is 5.79. The molecule has 1 aliphatic rings. The normalized spacial score (nSPS) is 16.3. The summed E-state index contributed by atoms with van der Waals surface area (Å²) < 4.78 is 1.68. The Morgan fingerprint density at radius 3 is 2.66 bits per heavy atom. The lowest BCUT2D eigenvalue weighted by Gasteiger charge is -2.32. The summed E-state index contributed by atoms with van der Waals surface area (Å²) in [6.45, 7) is 2.24. The Labute approximate surface area is 170 Å². The largest absolute Gasteiger partial charge is 0.355 e. The molecule has 0 radical (unpaired) electrons. The predicted molar refractivity (Wildman–Crippen MR) is 112 cm³/mol. The molecule has 3 heterocycles. The summed E-state index contributed by atoms with van der Waals surface area (Å²) in [6, 6.07) is 14.3. The third kappa shape index (κ3) is 4.37. The van der Waals surface area contributed by atoms with E-state index in [1.807, 2.05) is 44.4 Å². The number of hydrogen-bond donors (Lipinski definition) is 1. The van der Waals surface area contributed by atoms with E-state index in [0.717, 1.165) is 37.4 Å². The van der Waals surface area contributed by atoms with E-state index < -0.39 is 0 Å². The average Bonchev–Trinajstić information content (AvgIpc) is 3.22. The fourth-order valence-electron chi connectivity index (χ4n) is 3.87. The molecule has 4 rings (SSSR count). The zero-order valence-corrected chi connectivity index (χ0v) is 16.9. The molecule has 152 valence electrons. The number of hydrogen-bond acceptors (Lipinski definition) is 6. The molecular weight excluding hydrogens is 366 g/mol. The summed E-state index contributed by atoms with van der Waals surface area (Å²) in [5.41, 5.74) is 1.94. The van der Waals surface area contributed by atoms with E-state index >= 15 is 0 Å². The van der Waals surface area contributed by atoms with Crippen LogP contribution in [0.5, 0.6) is 0 Å². The highest BCUT2D eigenvalue weighted by Crippen LogP contribution is 2.23. The molecule has 3 aromatic rings. The van der Waals surface area contributed by atoms with Crippen molar-refractivity contribution in [2.75, 3.05) is 38.6 Å². The maximum absolute atomic E-state index is 12.8. The Balaban J connectivity index is 1.31. The number of carbonyl (C=O) groups is 1. The van der Waals surface area contributed by atoms with Crippen LogP contribution in [-0.2, 0) is 4.79 Å². The number of likely N-dealkylation sites (N-methyl/N-ethyl adjacent to an activating group) is 1. The van der Waals surface area contributed by atoms with Crippen LogP contribution in [-0.4, -0.2) is 64.3 Å². The van der Waals surface area contributed by atoms with Crippen molar-refractivity contribution in [3.05, 3.63) is 54.4 Å². The fourth-order valence-corrected chi connectivity index (χ4v) is 3.87. The zero-order valence-electron chi connectivity index (χ0n) is 16.9. The van der Waals surface area contributed by atoms with Crippen LogP contribution in [0.15, 0.2) is 48.8 Å². The lowest BCUT2D eigenvalue weighted by atomic mass is 9.95. The number of anilines is 1. The first-order valence-corrected chi connectivity index (χ1v) is 10.0. The molecule has 2 aromatic heterocycles. The van der Waals surface area contributed by atoms with Gasteiger partial charge in [0.05, 0.1) is 6.04 Å². The van der Waals surface area contributed by atoms with Crippen molar-refractivity contribution >= 4 is 17.4 Å². The van der Waals surface area contributed by atoms with Crippen molar-refractivity contribution in [1.82, 2.24) is 30.0 Å². The Morgan fingerprint density at radius 2 is 1.93 bits per heavy atom. The molecule has 1 aliphatic heterocycles. The van der Waals surface area contributed by atoms with Crippen molar-refractivity contribution in [2.45, 2.75) is 18.9 Å². The molecule has 1 fully saturated rings. The second kappa shape index (κ2) is 8.57. The minimum absolute atomic E-state index is 0.0449. The Hall–Kier alpha value is -3.00. The molecule has 1 aromatic carbocycles. The number of piperidine rings is 1. The molecule has 8 nitrogen and oxygen atoms in total. The minimum atomic E-state index is 0.0449. The van der Waals surface area contributed by atoms with Crippen LogP contribution in [0.2, 0.25) is 0 Å². The van der Waals surface area contributed by atoms with E-state index in [1.54, 1.807) is 10.8 Å². The summed E-state index contributed by atoms with van der Waals surface area (Å²) in [5, 5.41) is 15.6. The van der Waals surface area contributed by atoms with Gasteiger partial charge in [0.25, 0.3) is 0 Å². The average molecular weight is 393 g/mol. The van der Waals surface area contributed by atoms with Gasteiger partial charge >= 0.3 is 0 Å². The number of rotatable bonds is 6. The van der Waals surface area contributed by atoms with Crippen LogP contribution in [0.3, 0.4) is 0 Å². The number of carbonyl (C=O) groups excluding carboxylic acids is 1. The third-order valence-electron chi connectivity index (χ3n) is 5.61. The van der Waals surface area contributed by atoms with Gasteiger partial charge in [-0.25, -0.2) is 0 Å². The third-order valence-corrected chi connectivity index (χ3v) is 5.61. The van der Waals surface area contributed by atoms with Gasteiger partial charge in [-0.05, 0) is 44.6 Å². The van der Waals surface area contributed by atoms with E-state index in [2.05, 4.69) is 42.5 Å². The lowest BCUT2D eigenvalue weighted by molar-refractivity contribution is -0.125. The molecule has 0 saturated carbocycles. The van der Waals surface area contributed by atoms with E-state index in [9.17, 15) is 4.79 Å². The Morgan fingerprint density at radius 1 is 1.17 bits per heavy atom. The van der Waals surface area contributed by atoms with Gasteiger partial charge in [-0.1, -0.05) is 30.3 Å². The molecule has 1 saturated heterocycles. The van der Waals surface area contributed by atoms with E-state index in [4.69, 9.17) is 0 Å². The molecule has 1 unspecified atom stereocenters. The summed E-state index contributed by atoms with van der Waals surface area (Å²) in [7, 11) is 4.09. The number of amides is 1. The molecule has 0 bridgehead atoms. The first-order chi connectivity index (χ1) is 14.1. The summed E-state index contributed by atoms with van der Waals surface area (Å²) in [6.07, 6.45) is 3.25. The first-order valence-electron chi connectivity index (χ1n) is 10.0. The predicted octanol–water partition coefficient (Wildman–Crippen LogP) is 1.76. The Bertz CT molecular complexity index is 948. The van der Waals surface area contributed by atoms with E-state index in [0.29, 0.717) is 6.54 Å². The van der Waals surface area contributed by atoms with E-state index in [1.165, 1.54) is 5.56 Å². The van der Waals surface area contributed by atoms with Gasteiger partial charge in [0.1, 0.15) is 12.1 Å². The van der Waals surface area contributed by atoms with Crippen LogP contribution in [0.4, 0.5) is 5.82 Å². The van der Waals surface area contributed by atoms with Crippen molar-refractivity contribution in [3.8, 4) is 0 Å². The number of nitrogens with one attached hydrogen (secondary N) is 1. The van der Waals surface area contributed by atoms with Gasteiger partial charge in [-0.2, -0.15) is 4.52 Å². The molecule has 0 spiro atoms. The fraction of sp³-hybridized carbons (Fsp3) is 0.429. The SMILES string of the molecule is CN(C)C(CNC(=O)C1CCN(c2ccc3nncn3n2)CC1)c1ccccc1. The highest BCUT2D eigenvalue weighted by Gasteiger charge is 2.26. The summed E-state index contributed by atoms with van der Waals surface area (Å²) in [5.74, 6) is 1.09. The minimum Gasteiger partial charge on any atom is -0.355 e. The van der Waals surface area contributed by atoms with Gasteiger partial charge < -0.3 is 15.1 Å². The zero-order chi connectivity index (χ0) is 20.2. The summed E-state index contributed by atoms with van der Waals surface area (Å²) in [4.78, 5) is 17.1. The molecular formula is C21H27N7O. The number of nitrogens with zero attached hydrogens (tertiary/aromatic N) is 6. The van der Waals surface area contributed by atoms with Gasteiger partial charge in [0, 0.05) is 25.6 Å². The summed E-state index contributed by atoms with van der Waals surface area (Å²) >= 11 is 0. The number of aromatic nitrogens is 4. The van der Waals surface area contributed by atoms with Crippen LogP contribution in [0.25, 0.3) is 5.65 Å². The standard InChI is InChI=1S/C21H27N7O/c1-26(2)18(16-6-4-3-5-7-16)14-22-21(29)17-10-12-27(13-11-17)20-9-8-19-24-23-15-28(19)25-20/h3-9,15,17-18H,10-14H2,1-2H3,(H,22,29). The van der Waals surface area contributed by atoms with Crippen LogP contribution < -0.4 is 10.2 Å². The molecule has 1 N–H and O–H groups in total. The van der Waals surface area contributed by atoms with Crippen LogP contribution >= 0.6 is 0 Å². The number of fused-ring (bicyclic) bond motifs is 1. The Kier molecular flexibility index (Phi) is 5.71. The molecule has 1 amide bonds. The van der Waals surface area contributed by atoms with Crippen LogP contribution in [0, 0.1) is 5.92 Å². The van der Waals surface area contributed by atoms with Gasteiger partial charge in [0.15, 0.2) is 5.65 Å². The maximum atomic E-state index is 12.8. The van der Waals surface area contributed by atoms with Crippen molar-refractivity contribution in [1.29, 1.82) is 0 Å². The first kappa shape index (κ1) is 19.3. The van der Waals surface area contributed by atoms with Crippen molar-refractivity contribution < 1.29 is 4.79 Å². The molecule has 0 aliphatic carbocycles. The van der Waals surface area contributed by atoms with Gasteiger partial charge in [-0.3, -0.25) is 4.79 Å². The second-order valence-electron chi connectivity index (χ2n) is 7.72. The van der Waals surface area contributed by atoms with Crippen molar-refractivity contribution in [3.63, 3.8) is 0 Å². The lowest BCUT2D eigenvalue weighted by Crippen LogP contribution is -2.43. The van der Waals surface area contributed by atoms with Gasteiger partial charge in [0.2, 0.25) is 5.91 Å². The monoisotopic (exact) mass is 393 g/mol. The quantitative estimate of drug-likeness (QED) is 0.688. The van der Waals surface area contributed by atoms with Crippen molar-refractivity contribution in [2.24, 2.45) is 5.92 Å². The molecule has 8 heteroatoms. The topological polar surface area (TPSA) is 78.7 Å². The van der Waals surface area contributed by atoms with Gasteiger partial charge in [-0.15, -0.1) is 15.3 Å². The highest BCUT2D eigenvalue weighted by atomic mass is 16.1. The molecule has 1 atom stereocenters.